The summed E-state index contributed by atoms with van der Waals surface area (Å²) in [6.07, 6.45) is 0.891. The van der Waals surface area contributed by atoms with Crippen molar-refractivity contribution in [1.29, 1.82) is 0 Å². The lowest BCUT2D eigenvalue weighted by atomic mass is 9.89. The van der Waals surface area contributed by atoms with Gasteiger partial charge in [-0.05, 0) is 31.4 Å². The summed E-state index contributed by atoms with van der Waals surface area (Å²) in [6.45, 7) is 7.38. The van der Waals surface area contributed by atoms with Crippen LogP contribution in [-0.4, -0.2) is 22.4 Å². The van der Waals surface area contributed by atoms with Crippen molar-refractivity contribution in [2.45, 2.75) is 39.2 Å². The van der Waals surface area contributed by atoms with Gasteiger partial charge in [-0.1, -0.05) is 55.8 Å². The minimum atomic E-state index is 0.345. The molecule has 0 aliphatic heterocycles. The number of aryl methyl sites for hydroxylation is 2. The molecule has 4 heteroatoms. The highest BCUT2D eigenvalue weighted by Gasteiger charge is 2.22. The maximum Gasteiger partial charge on any atom is 0.130 e. The summed E-state index contributed by atoms with van der Waals surface area (Å²) in [7, 11) is 1.89. The third-order valence-corrected chi connectivity index (χ3v) is 4.56. The van der Waals surface area contributed by atoms with E-state index in [4.69, 9.17) is 11.6 Å². The van der Waals surface area contributed by atoms with E-state index >= 15 is 0 Å². The summed E-state index contributed by atoms with van der Waals surface area (Å²) in [5, 5.41) is 8.76. The minimum absolute atomic E-state index is 0.345. The molecular formula is C17H24ClN3. The van der Waals surface area contributed by atoms with Gasteiger partial charge in [0.05, 0.1) is 5.69 Å². The maximum absolute atomic E-state index is 6.38. The molecule has 0 aliphatic carbocycles. The van der Waals surface area contributed by atoms with Crippen LogP contribution in [0.3, 0.4) is 0 Å². The second-order valence-electron chi connectivity index (χ2n) is 5.55. The number of rotatable bonds is 6. The highest BCUT2D eigenvalue weighted by molar-refractivity contribution is 6.30. The van der Waals surface area contributed by atoms with Gasteiger partial charge in [-0.25, -0.2) is 0 Å². The molecule has 0 radical (unpaired) electrons. The average Bonchev–Trinajstić information content (AvgIpc) is 2.73. The standard InChI is InChI=1S/C17H24ClN3/c1-5-19-16(12(2)14-9-7-6-8-10-14)11-15-13(3)20-21(4)17(15)18/h6-10,12,16,19H,5,11H2,1-4H3. The van der Waals surface area contributed by atoms with Crippen molar-refractivity contribution in [2.75, 3.05) is 6.54 Å². The fourth-order valence-electron chi connectivity index (χ4n) is 2.80. The van der Waals surface area contributed by atoms with Gasteiger partial charge in [0, 0.05) is 18.7 Å². The Morgan fingerprint density at radius 1 is 1.29 bits per heavy atom. The molecule has 2 rings (SSSR count). The Bertz CT molecular complexity index is 577. The molecule has 1 N–H and O–H groups in total. The number of nitrogens with zero attached hydrogens (tertiary/aromatic N) is 2. The Kier molecular flexibility index (Phi) is 5.43. The quantitative estimate of drug-likeness (QED) is 0.882. The molecule has 0 bridgehead atoms. The number of hydrogen-bond acceptors (Lipinski definition) is 2. The van der Waals surface area contributed by atoms with E-state index in [0.29, 0.717) is 12.0 Å². The number of benzene rings is 1. The first-order valence-electron chi connectivity index (χ1n) is 7.50. The van der Waals surface area contributed by atoms with Crippen LogP contribution in [-0.2, 0) is 13.5 Å². The van der Waals surface area contributed by atoms with Crippen LogP contribution < -0.4 is 5.32 Å². The predicted molar refractivity (Wildman–Crippen MR) is 89.0 cm³/mol. The molecule has 0 spiro atoms. The Morgan fingerprint density at radius 3 is 2.48 bits per heavy atom. The highest BCUT2D eigenvalue weighted by atomic mass is 35.5. The van der Waals surface area contributed by atoms with Crippen molar-refractivity contribution in [3.63, 3.8) is 0 Å². The van der Waals surface area contributed by atoms with Crippen LogP contribution in [0.2, 0.25) is 5.15 Å². The number of aromatic nitrogens is 2. The predicted octanol–water partition coefficient (Wildman–Crippen LogP) is 3.71. The van der Waals surface area contributed by atoms with Crippen molar-refractivity contribution in [2.24, 2.45) is 7.05 Å². The number of hydrogen-bond donors (Lipinski definition) is 1. The van der Waals surface area contributed by atoms with E-state index in [1.807, 2.05) is 14.0 Å². The molecule has 1 heterocycles. The fourth-order valence-corrected chi connectivity index (χ4v) is 3.05. The van der Waals surface area contributed by atoms with Crippen molar-refractivity contribution in [3.8, 4) is 0 Å². The molecule has 0 amide bonds. The zero-order chi connectivity index (χ0) is 15.4. The molecule has 2 aromatic rings. The normalized spacial score (nSPS) is 14.1. The zero-order valence-electron chi connectivity index (χ0n) is 13.2. The van der Waals surface area contributed by atoms with Gasteiger partial charge in [-0.2, -0.15) is 5.10 Å². The maximum atomic E-state index is 6.38. The molecule has 3 nitrogen and oxygen atoms in total. The van der Waals surface area contributed by atoms with E-state index in [9.17, 15) is 0 Å². The van der Waals surface area contributed by atoms with Crippen LogP contribution in [0.25, 0.3) is 0 Å². The summed E-state index contributed by atoms with van der Waals surface area (Å²) in [5.41, 5.74) is 3.51. The van der Waals surface area contributed by atoms with Crippen LogP contribution in [0.15, 0.2) is 30.3 Å². The molecule has 0 aliphatic rings. The molecule has 114 valence electrons. The summed E-state index contributed by atoms with van der Waals surface area (Å²) < 4.78 is 1.75. The molecule has 0 saturated carbocycles. The van der Waals surface area contributed by atoms with E-state index in [1.165, 1.54) is 5.56 Å². The Labute approximate surface area is 132 Å². The molecule has 2 unspecified atom stereocenters. The lowest BCUT2D eigenvalue weighted by Gasteiger charge is -2.25. The van der Waals surface area contributed by atoms with Gasteiger partial charge in [0.1, 0.15) is 5.15 Å². The first-order chi connectivity index (χ1) is 10.0. The summed E-state index contributed by atoms with van der Waals surface area (Å²) >= 11 is 6.38. The van der Waals surface area contributed by atoms with E-state index < -0.39 is 0 Å². The minimum Gasteiger partial charge on any atom is -0.313 e. The zero-order valence-corrected chi connectivity index (χ0v) is 14.0. The Hall–Kier alpha value is -1.32. The van der Waals surface area contributed by atoms with Crippen molar-refractivity contribution < 1.29 is 0 Å². The monoisotopic (exact) mass is 305 g/mol. The molecule has 0 saturated heterocycles. The molecule has 2 atom stereocenters. The second kappa shape index (κ2) is 7.10. The van der Waals surface area contributed by atoms with E-state index in [2.05, 4.69) is 54.6 Å². The first-order valence-corrected chi connectivity index (χ1v) is 7.88. The largest absolute Gasteiger partial charge is 0.313 e. The van der Waals surface area contributed by atoms with Crippen LogP contribution in [0.1, 0.15) is 36.6 Å². The highest BCUT2D eigenvalue weighted by Crippen LogP contribution is 2.26. The van der Waals surface area contributed by atoms with E-state index in [-0.39, 0.29) is 0 Å². The smallest absolute Gasteiger partial charge is 0.130 e. The number of likely N-dealkylation sites (N-methyl/N-ethyl adjacent to an activating group) is 1. The van der Waals surface area contributed by atoms with Crippen molar-refractivity contribution in [3.05, 3.63) is 52.3 Å². The molecular weight excluding hydrogens is 282 g/mol. The topological polar surface area (TPSA) is 29.9 Å². The molecule has 21 heavy (non-hydrogen) atoms. The van der Waals surface area contributed by atoms with Gasteiger partial charge in [0.25, 0.3) is 0 Å². The average molecular weight is 306 g/mol. The molecule has 1 aromatic carbocycles. The van der Waals surface area contributed by atoms with Gasteiger partial charge < -0.3 is 5.32 Å². The van der Waals surface area contributed by atoms with Crippen LogP contribution >= 0.6 is 11.6 Å². The Morgan fingerprint density at radius 2 is 1.95 bits per heavy atom. The SMILES string of the molecule is CCNC(Cc1c(C)nn(C)c1Cl)C(C)c1ccccc1. The van der Waals surface area contributed by atoms with Gasteiger partial charge in [0.2, 0.25) is 0 Å². The first kappa shape index (κ1) is 16.1. The van der Waals surface area contributed by atoms with Crippen LogP contribution in [0, 0.1) is 6.92 Å². The summed E-state index contributed by atoms with van der Waals surface area (Å²) in [5.74, 6) is 0.418. The van der Waals surface area contributed by atoms with Crippen molar-refractivity contribution in [1.82, 2.24) is 15.1 Å². The second-order valence-corrected chi connectivity index (χ2v) is 5.90. The van der Waals surface area contributed by atoms with Gasteiger partial charge in [-0.15, -0.1) is 0 Å². The number of nitrogens with one attached hydrogen (secondary N) is 1. The lowest BCUT2D eigenvalue weighted by molar-refractivity contribution is 0.457. The van der Waals surface area contributed by atoms with Gasteiger partial charge in [-0.3, -0.25) is 4.68 Å². The van der Waals surface area contributed by atoms with Crippen LogP contribution in [0.4, 0.5) is 0 Å². The lowest BCUT2D eigenvalue weighted by Crippen LogP contribution is -2.35. The van der Waals surface area contributed by atoms with Crippen molar-refractivity contribution >= 4 is 11.6 Å². The third kappa shape index (κ3) is 3.66. The Balaban J connectivity index is 2.23. The molecule has 0 fully saturated rings. The number of halogens is 1. The van der Waals surface area contributed by atoms with Gasteiger partial charge in [0.15, 0.2) is 0 Å². The fraction of sp³-hybridized carbons (Fsp3) is 0.471. The summed E-state index contributed by atoms with van der Waals surface area (Å²) in [4.78, 5) is 0. The molecule has 1 aromatic heterocycles. The summed E-state index contributed by atoms with van der Waals surface area (Å²) in [6, 6.07) is 11.0. The van der Waals surface area contributed by atoms with Crippen LogP contribution in [0.5, 0.6) is 0 Å². The van der Waals surface area contributed by atoms with E-state index in [0.717, 1.165) is 29.4 Å². The third-order valence-electron chi connectivity index (χ3n) is 4.09. The van der Waals surface area contributed by atoms with Gasteiger partial charge >= 0.3 is 0 Å². The van der Waals surface area contributed by atoms with E-state index in [1.54, 1.807) is 4.68 Å².